The van der Waals surface area contributed by atoms with Crippen LogP contribution in [0.4, 0.5) is 0 Å². The number of benzene rings is 1. The minimum absolute atomic E-state index is 0.359. The highest BCUT2D eigenvalue weighted by molar-refractivity contribution is 5.38. The Morgan fingerprint density at radius 2 is 1.77 bits per heavy atom. The summed E-state index contributed by atoms with van der Waals surface area (Å²) in [6.45, 7) is 8.33. The van der Waals surface area contributed by atoms with Gasteiger partial charge in [-0.1, -0.05) is 27.7 Å². The smallest absolute Gasteiger partial charge is 0.119 e. The molecule has 1 nitrogen and oxygen atoms in total. The summed E-state index contributed by atoms with van der Waals surface area (Å²) in [5.41, 5.74) is 2.05. The summed E-state index contributed by atoms with van der Waals surface area (Å²) in [5, 5.41) is 9.69. The third kappa shape index (κ3) is 2.24. The van der Waals surface area contributed by atoms with E-state index in [1.165, 1.54) is 0 Å². The lowest BCUT2D eigenvalue weighted by atomic mass is 9.96. The molecule has 13 heavy (non-hydrogen) atoms. The van der Waals surface area contributed by atoms with Gasteiger partial charge in [-0.2, -0.15) is 0 Å². The molecule has 0 fully saturated rings. The first-order valence-corrected chi connectivity index (χ1v) is 4.77. The van der Waals surface area contributed by atoms with Gasteiger partial charge in [-0.3, -0.25) is 0 Å². The third-order valence-electron chi connectivity index (χ3n) is 2.23. The van der Waals surface area contributed by atoms with Gasteiger partial charge in [-0.05, 0) is 41.2 Å². The minimum Gasteiger partial charge on any atom is -0.508 e. The number of phenols is 1. The molecule has 1 N–H and O–H groups in total. The van der Waals surface area contributed by atoms with Crippen molar-refractivity contribution < 1.29 is 5.11 Å². The lowest BCUT2D eigenvalue weighted by Crippen LogP contribution is -1.92. The second-order valence-electron chi connectivity index (χ2n) is 4.04. The average molecular weight is 177 g/mol. The lowest BCUT2D eigenvalue weighted by molar-refractivity contribution is 0.463. The first-order chi connectivity index (χ1) is 6.02. The number of aromatic hydroxyl groups is 1. The van der Waals surface area contributed by atoms with Gasteiger partial charge in [-0.25, -0.2) is 0 Å². The zero-order valence-corrected chi connectivity index (χ0v) is 8.76. The third-order valence-corrected chi connectivity index (χ3v) is 2.23. The maximum Gasteiger partial charge on any atom is 0.119 e. The summed E-state index contributed by atoms with van der Waals surface area (Å²) >= 11 is 0. The fourth-order valence-electron chi connectivity index (χ4n) is 1.30. The molecule has 0 heterocycles. The molecule has 71 valence electrons. The van der Waals surface area contributed by atoms with E-state index in [2.05, 4.69) is 33.8 Å². The molecule has 1 radical (unpaired) electrons. The Bertz CT molecular complexity index is 287. The molecule has 0 spiro atoms. The zero-order valence-electron chi connectivity index (χ0n) is 8.76. The molecule has 0 saturated carbocycles. The van der Waals surface area contributed by atoms with Crippen molar-refractivity contribution >= 4 is 0 Å². The molecule has 0 unspecified atom stereocenters. The lowest BCUT2D eigenvalue weighted by Gasteiger charge is -2.11. The number of hydrogen-bond acceptors (Lipinski definition) is 1. The maximum absolute atomic E-state index is 9.69. The Morgan fingerprint density at radius 3 is 2.15 bits per heavy atom. The second kappa shape index (κ2) is 3.82. The van der Waals surface area contributed by atoms with Crippen molar-refractivity contribution in [1.82, 2.24) is 0 Å². The summed E-state index contributed by atoms with van der Waals surface area (Å²) in [6, 6.07) is 6.92. The average Bonchev–Trinajstić information content (AvgIpc) is 2.03. The van der Waals surface area contributed by atoms with E-state index in [4.69, 9.17) is 0 Å². The predicted octanol–water partition coefficient (Wildman–Crippen LogP) is 3.44. The van der Waals surface area contributed by atoms with Crippen LogP contribution in [0.5, 0.6) is 5.75 Å². The molecule has 0 aliphatic carbocycles. The van der Waals surface area contributed by atoms with Gasteiger partial charge >= 0.3 is 0 Å². The van der Waals surface area contributed by atoms with Gasteiger partial charge in [-0.15, -0.1) is 0 Å². The van der Waals surface area contributed by atoms with E-state index >= 15 is 0 Å². The molecular formula is C12H17O. The molecule has 1 aromatic rings. The Labute approximate surface area is 80.4 Å². The van der Waals surface area contributed by atoms with Crippen molar-refractivity contribution in [3.05, 3.63) is 29.3 Å². The second-order valence-corrected chi connectivity index (χ2v) is 4.04. The van der Waals surface area contributed by atoms with E-state index < -0.39 is 0 Å². The van der Waals surface area contributed by atoms with Crippen molar-refractivity contribution in [2.45, 2.75) is 39.5 Å². The molecule has 0 bridgehead atoms. The van der Waals surface area contributed by atoms with Crippen LogP contribution in [0, 0.1) is 6.07 Å². The van der Waals surface area contributed by atoms with Gasteiger partial charge in [0.1, 0.15) is 5.75 Å². The molecule has 0 aromatic heterocycles. The molecular weight excluding hydrogens is 160 g/mol. The fraction of sp³-hybridized carbons (Fsp3) is 0.500. The SMILES string of the molecule is CC(C)c1[c]cc(C(C)C)c(O)c1. The number of hydrogen-bond donors (Lipinski definition) is 1. The van der Waals surface area contributed by atoms with Crippen molar-refractivity contribution in [2.24, 2.45) is 0 Å². The highest BCUT2D eigenvalue weighted by Crippen LogP contribution is 2.28. The van der Waals surface area contributed by atoms with E-state index in [-0.39, 0.29) is 0 Å². The predicted molar refractivity (Wildman–Crippen MR) is 55.1 cm³/mol. The number of phenolic OH excluding ortho intramolecular Hbond substituents is 1. The molecule has 0 aliphatic rings. The van der Waals surface area contributed by atoms with Crippen molar-refractivity contribution in [1.29, 1.82) is 0 Å². The summed E-state index contributed by atoms with van der Waals surface area (Å²) in [6.07, 6.45) is 0. The van der Waals surface area contributed by atoms with Crippen LogP contribution in [0.3, 0.4) is 0 Å². The molecule has 0 amide bonds. The van der Waals surface area contributed by atoms with E-state index in [0.29, 0.717) is 17.6 Å². The molecule has 0 atom stereocenters. The van der Waals surface area contributed by atoms with E-state index in [0.717, 1.165) is 11.1 Å². The van der Waals surface area contributed by atoms with Crippen molar-refractivity contribution in [2.75, 3.05) is 0 Å². The summed E-state index contributed by atoms with van der Waals surface area (Å²) in [7, 11) is 0. The first kappa shape index (κ1) is 10.1. The normalized spacial score (nSPS) is 11.2. The largest absolute Gasteiger partial charge is 0.508 e. The standard InChI is InChI=1S/C12H17O/c1-8(2)10-5-6-11(9(3)4)12(13)7-10/h6-9,13H,1-4H3. The summed E-state index contributed by atoms with van der Waals surface area (Å²) in [5.74, 6) is 1.18. The van der Waals surface area contributed by atoms with Crippen molar-refractivity contribution in [3.8, 4) is 5.75 Å². The van der Waals surface area contributed by atoms with Crippen LogP contribution in [0.25, 0.3) is 0 Å². The van der Waals surface area contributed by atoms with Gasteiger partial charge in [0.25, 0.3) is 0 Å². The minimum atomic E-state index is 0.359. The van der Waals surface area contributed by atoms with Crippen LogP contribution >= 0.6 is 0 Å². The Balaban J connectivity index is 3.06. The Morgan fingerprint density at radius 1 is 1.15 bits per heavy atom. The monoisotopic (exact) mass is 177 g/mol. The topological polar surface area (TPSA) is 20.2 Å². The van der Waals surface area contributed by atoms with E-state index in [1.807, 2.05) is 12.1 Å². The van der Waals surface area contributed by atoms with Gasteiger partial charge in [0.15, 0.2) is 0 Å². The van der Waals surface area contributed by atoms with Crippen LogP contribution in [-0.2, 0) is 0 Å². The molecule has 1 aromatic carbocycles. The molecule has 1 heteroatoms. The Kier molecular flexibility index (Phi) is 2.97. The maximum atomic E-state index is 9.69. The molecule has 0 saturated heterocycles. The summed E-state index contributed by atoms with van der Waals surface area (Å²) in [4.78, 5) is 0. The number of rotatable bonds is 2. The molecule has 0 aliphatic heterocycles. The fourth-order valence-corrected chi connectivity index (χ4v) is 1.30. The zero-order chi connectivity index (χ0) is 10.0. The quantitative estimate of drug-likeness (QED) is 0.733. The van der Waals surface area contributed by atoms with Crippen LogP contribution in [0.2, 0.25) is 0 Å². The Hall–Kier alpha value is -0.980. The first-order valence-electron chi connectivity index (χ1n) is 4.77. The van der Waals surface area contributed by atoms with Crippen LogP contribution < -0.4 is 0 Å². The van der Waals surface area contributed by atoms with Crippen LogP contribution in [0.15, 0.2) is 12.1 Å². The van der Waals surface area contributed by atoms with Gasteiger partial charge in [0.05, 0.1) is 0 Å². The highest BCUT2D eigenvalue weighted by atomic mass is 16.3. The van der Waals surface area contributed by atoms with Crippen LogP contribution in [-0.4, -0.2) is 5.11 Å². The van der Waals surface area contributed by atoms with Gasteiger partial charge < -0.3 is 5.11 Å². The highest BCUT2D eigenvalue weighted by Gasteiger charge is 2.07. The van der Waals surface area contributed by atoms with Gasteiger partial charge in [0, 0.05) is 0 Å². The van der Waals surface area contributed by atoms with E-state index in [9.17, 15) is 5.11 Å². The van der Waals surface area contributed by atoms with Gasteiger partial charge in [0.2, 0.25) is 0 Å². The van der Waals surface area contributed by atoms with Crippen molar-refractivity contribution in [3.63, 3.8) is 0 Å². The molecule has 1 rings (SSSR count). The summed E-state index contributed by atoms with van der Waals surface area (Å²) < 4.78 is 0. The van der Waals surface area contributed by atoms with E-state index in [1.54, 1.807) is 0 Å². The van der Waals surface area contributed by atoms with Crippen LogP contribution in [0.1, 0.15) is 50.7 Å².